The molecule has 0 unspecified atom stereocenters. The molecule has 2 rings (SSSR count). The number of aryl methyl sites for hydroxylation is 1. The second-order valence-corrected chi connectivity index (χ2v) is 6.21. The van der Waals surface area contributed by atoms with Crippen LogP contribution in [0.25, 0.3) is 0 Å². The zero-order chi connectivity index (χ0) is 16.7. The third-order valence-corrected chi connectivity index (χ3v) is 4.47. The summed E-state index contributed by atoms with van der Waals surface area (Å²) < 4.78 is 5.68. The smallest absolute Gasteiger partial charge is 0.208 e. The van der Waals surface area contributed by atoms with Crippen LogP contribution in [0.15, 0.2) is 10.6 Å². The summed E-state index contributed by atoms with van der Waals surface area (Å²) in [7, 11) is 2.10. The van der Waals surface area contributed by atoms with E-state index in [0.29, 0.717) is 25.4 Å². The second kappa shape index (κ2) is 8.67. The van der Waals surface area contributed by atoms with Gasteiger partial charge in [0.2, 0.25) is 5.89 Å². The molecule has 0 amide bonds. The van der Waals surface area contributed by atoms with Crippen LogP contribution in [-0.2, 0) is 13.0 Å². The lowest BCUT2D eigenvalue weighted by molar-refractivity contribution is 0.201. The van der Waals surface area contributed by atoms with Crippen LogP contribution in [0.1, 0.15) is 37.8 Å². The SMILES string of the molecule is CCc1cnc(CN(C)[C@H]2CCN(C[C@H](C#N)CCC#N)C2)o1. The minimum atomic E-state index is -0.0439. The van der Waals surface area contributed by atoms with Crippen LogP contribution in [0, 0.1) is 28.6 Å². The molecular formula is C17H25N5O. The Bertz CT molecular complexity index is 570. The maximum atomic E-state index is 9.19. The summed E-state index contributed by atoms with van der Waals surface area (Å²) >= 11 is 0. The van der Waals surface area contributed by atoms with E-state index in [2.05, 4.69) is 40.9 Å². The number of rotatable bonds is 8. The highest BCUT2D eigenvalue weighted by Crippen LogP contribution is 2.19. The lowest BCUT2D eigenvalue weighted by atomic mass is 10.1. The highest BCUT2D eigenvalue weighted by atomic mass is 16.4. The van der Waals surface area contributed by atoms with Crippen LogP contribution in [0.2, 0.25) is 0 Å². The summed E-state index contributed by atoms with van der Waals surface area (Å²) in [5.74, 6) is 1.65. The van der Waals surface area contributed by atoms with Gasteiger partial charge >= 0.3 is 0 Å². The van der Waals surface area contributed by atoms with Crippen molar-refractivity contribution >= 4 is 0 Å². The molecule has 1 fully saturated rings. The molecule has 1 aromatic rings. The summed E-state index contributed by atoms with van der Waals surface area (Å²) in [6, 6.07) is 4.91. The second-order valence-electron chi connectivity index (χ2n) is 6.21. The van der Waals surface area contributed by atoms with E-state index in [1.165, 1.54) is 0 Å². The van der Waals surface area contributed by atoms with Crippen LogP contribution in [0.3, 0.4) is 0 Å². The summed E-state index contributed by atoms with van der Waals surface area (Å²) in [5, 5.41) is 17.8. The number of likely N-dealkylation sites (tertiary alicyclic amines) is 1. The maximum absolute atomic E-state index is 9.19. The Morgan fingerprint density at radius 2 is 2.35 bits per heavy atom. The highest BCUT2D eigenvalue weighted by Gasteiger charge is 2.27. The normalized spacial score (nSPS) is 19.6. The van der Waals surface area contributed by atoms with Gasteiger partial charge in [0.15, 0.2) is 0 Å². The first-order chi connectivity index (χ1) is 11.2. The third kappa shape index (κ3) is 5.06. The molecule has 0 saturated carbocycles. The van der Waals surface area contributed by atoms with Gasteiger partial charge in [-0.1, -0.05) is 6.92 Å². The van der Waals surface area contributed by atoms with Crippen LogP contribution in [0.5, 0.6) is 0 Å². The van der Waals surface area contributed by atoms with Gasteiger partial charge in [0.05, 0.1) is 30.8 Å². The van der Waals surface area contributed by atoms with Crippen molar-refractivity contribution in [1.29, 1.82) is 10.5 Å². The Morgan fingerprint density at radius 3 is 3.00 bits per heavy atom. The molecule has 0 aromatic carbocycles. The van der Waals surface area contributed by atoms with Crippen molar-refractivity contribution in [3.05, 3.63) is 17.8 Å². The lowest BCUT2D eigenvalue weighted by Crippen LogP contribution is -2.35. The van der Waals surface area contributed by atoms with E-state index in [0.717, 1.165) is 44.1 Å². The number of likely N-dealkylation sites (N-methyl/N-ethyl adjacent to an activating group) is 1. The van der Waals surface area contributed by atoms with E-state index in [-0.39, 0.29) is 5.92 Å². The van der Waals surface area contributed by atoms with Gasteiger partial charge in [-0.2, -0.15) is 10.5 Å². The van der Waals surface area contributed by atoms with Crippen LogP contribution >= 0.6 is 0 Å². The van der Waals surface area contributed by atoms with Gasteiger partial charge in [0.1, 0.15) is 5.76 Å². The summed E-state index contributed by atoms with van der Waals surface area (Å²) in [5.41, 5.74) is 0. The Kier molecular flexibility index (Phi) is 6.58. The molecule has 0 bridgehead atoms. The standard InChI is InChI=1S/C17H25N5O/c1-3-16-10-20-17(23-16)13-21(2)15-6-8-22(12-15)11-14(9-19)5-4-7-18/h10,14-15H,3-6,8,11-13H2,1-2H3/t14-,15-/m0/s1. The molecule has 2 heterocycles. The fraction of sp³-hybridized carbons (Fsp3) is 0.706. The number of oxazole rings is 1. The van der Waals surface area contributed by atoms with E-state index in [9.17, 15) is 5.26 Å². The lowest BCUT2D eigenvalue weighted by Gasteiger charge is -2.24. The Labute approximate surface area is 138 Å². The van der Waals surface area contributed by atoms with Crippen molar-refractivity contribution in [2.24, 2.45) is 5.92 Å². The first-order valence-corrected chi connectivity index (χ1v) is 8.29. The summed E-state index contributed by atoms with van der Waals surface area (Å²) in [6.45, 7) is 5.50. The van der Waals surface area contributed by atoms with E-state index in [1.807, 2.05) is 0 Å². The van der Waals surface area contributed by atoms with Crippen LogP contribution < -0.4 is 0 Å². The fourth-order valence-electron chi connectivity index (χ4n) is 3.01. The van der Waals surface area contributed by atoms with Crippen LogP contribution in [-0.4, -0.2) is 47.5 Å². The molecule has 0 radical (unpaired) electrons. The van der Waals surface area contributed by atoms with Crippen molar-refractivity contribution in [2.75, 3.05) is 26.7 Å². The highest BCUT2D eigenvalue weighted by molar-refractivity contribution is 4.95. The number of nitriles is 2. The zero-order valence-corrected chi connectivity index (χ0v) is 14.0. The minimum absolute atomic E-state index is 0.0439. The monoisotopic (exact) mass is 315 g/mol. The molecule has 0 N–H and O–H groups in total. The van der Waals surface area contributed by atoms with Gasteiger partial charge in [-0.3, -0.25) is 4.90 Å². The largest absolute Gasteiger partial charge is 0.444 e. The molecule has 1 aliphatic rings. The van der Waals surface area contributed by atoms with Gasteiger partial charge in [-0.15, -0.1) is 0 Å². The van der Waals surface area contributed by atoms with E-state index >= 15 is 0 Å². The average Bonchev–Trinajstić information content (AvgIpc) is 3.20. The molecule has 1 aliphatic heterocycles. The zero-order valence-electron chi connectivity index (χ0n) is 14.0. The molecule has 6 nitrogen and oxygen atoms in total. The Balaban J connectivity index is 1.79. The summed E-state index contributed by atoms with van der Waals surface area (Å²) in [4.78, 5) is 8.93. The van der Waals surface area contributed by atoms with Crippen molar-refractivity contribution in [2.45, 2.75) is 45.2 Å². The number of hydrogen-bond donors (Lipinski definition) is 0. The number of aromatic nitrogens is 1. The maximum Gasteiger partial charge on any atom is 0.208 e. The molecule has 23 heavy (non-hydrogen) atoms. The van der Waals surface area contributed by atoms with E-state index in [4.69, 9.17) is 9.68 Å². The predicted molar refractivity (Wildman–Crippen MR) is 86.1 cm³/mol. The van der Waals surface area contributed by atoms with Gasteiger partial charge < -0.3 is 9.32 Å². The van der Waals surface area contributed by atoms with Gasteiger partial charge in [0, 0.05) is 32.0 Å². The molecule has 6 heteroatoms. The number of hydrogen-bond acceptors (Lipinski definition) is 6. The average molecular weight is 315 g/mol. The summed E-state index contributed by atoms with van der Waals surface area (Å²) in [6.07, 6.45) is 4.89. The molecule has 1 aromatic heterocycles. The fourth-order valence-corrected chi connectivity index (χ4v) is 3.01. The van der Waals surface area contributed by atoms with E-state index in [1.54, 1.807) is 6.20 Å². The Morgan fingerprint density at radius 1 is 1.52 bits per heavy atom. The minimum Gasteiger partial charge on any atom is -0.444 e. The molecule has 0 aliphatic carbocycles. The molecule has 0 spiro atoms. The van der Waals surface area contributed by atoms with Crippen molar-refractivity contribution in [3.63, 3.8) is 0 Å². The predicted octanol–water partition coefficient (Wildman–Crippen LogP) is 2.19. The first-order valence-electron chi connectivity index (χ1n) is 8.29. The third-order valence-electron chi connectivity index (χ3n) is 4.47. The number of nitrogens with zero attached hydrogens (tertiary/aromatic N) is 5. The van der Waals surface area contributed by atoms with Crippen molar-refractivity contribution < 1.29 is 4.42 Å². The molecular weight excluding hydrogens is 290 g/mol. The van der Waals surface area contributed by atoms with E-state index < -0.39 is 0 Å². The van der Waals surface area contributed by atoms with Crippen molar-refractivity contribution in [1.82, 2.24) is 14.8 Å². The quantitative estimate of drug-likeness (QED) is 0.731. The molecule has 2 atom stereocenters. The van der Waals surface area contributed by atoms with Gasteiger partial charge in [-0.05, 0) is 26.4 Å². The van der Waals surface area contributed by atoms with Crippen molar-refractivity contribution in [3.8, 4) is 12.1 Å². The Hall–Kier alpha value is -1.89. The first kappa shape index (κ1) is 17.5. The topological polar surface area (TPSA) is 80.1 Å². The van der Waals surface area contributed by atoms with Gasteiger partial charge in [0.25, 0.3) is 0 Å². The molecule has 1 saturated heterocycles. The molecule has 124 valence electrons. The van der Waals surface area contributed by atoms with Crippen LogP contribution in [0.4, 0.5) is 0 Å². The van der Waals surface area contributed by atoms with Gasteiger partial charge in [-0.25, -0.2) is 4.98 Å².